The van der Waals surface area contributed by atoms with Crippen LogP contribution in [0.2, 0.25) is 0 Å². The van der Waals surface area contributed by atoms with E-state index in [1.54, 1.807) is 6.92 Å². The van der Waals surface area contributed by atoms with Crippen LogP contribution in [0, 0.1) is 11.6 Å². The quantitative estimate of drug-likeness (QED) is 0.936. The molecule has 1 aliphatic heterocycles. The number of aromatic carboxylic acids is 1. The molecule has 0 atom stereocenters. The van der Waals surface area contributed by atoms with Crippen LogP contribution in [-0.4, -0.2) is 28.4 Å². The molecule has 3 rings (SSSR count). The van der Waals surface area contributed by atoms with Crippen molar-refractivity contribution in [1.82, 2.24) is 4.90 Å². The maximum atomic E-state index is 13.9. The molecule has 1 N–H and O–H groups in total. The van der Waals surface area contributed by atoms with Gasteiger partial charge in [-0.3, -0.25) is 4.79 Å². The summed E-state index contributed by atoms with van der Waals surface area (Å²) < 4.78 is 33.0. The standard InChI is InChI=1S/C17H15F2NO4/c1-2-14-10(17(22)23)7-15(24-14)16(21)20-6-5-9-11(8-20)13(19)4-3-12(9)18/h3-4,7H,2,5-6,8H2,1H3,(H,22,23). The van der Waals surface area contributed by atoms with Crippen molar-refractivity contribution < 1.29 is 27.9 Å². The second kappa shape index (κ2) is 6.07. The zero-order chi connectivity index (χ0) is 17.4. The molecule has 0 radical (unpaired) electrons. The molecule has 1 aliphatic rings. The molecule has 126 valence electrons. The van der Waals surface area contributed by atoms with Gasteiger partial charge in [-0.15, -0.1) is 0 Å². The molecule has 2 aromatic rings. The molecule has 0 saturated carbocycles. The van der Waals surface area contributed by atoms with E-state index in [-0.39, 0.29) is 47.7 Å². The van der Waals surface area contributed by atoms with Crippen molar-refractivity contribution in [3.05, 3.63) is 58.0 Å². The zero-order valence-electron chi connectivity index (χ0n) is 12.9. The van der Waals surface area contributed by atoms with Gasteiger partial charge in [0.15, 0.2) is 5.76 Å². The third-order valence-corrected chi connectivity index (χ3v) is 4.16. The van der Waals surface area contributed by atoms with Gasteiger partial charge in [0, 0.05) is 31.1 Å². The molecule has 2 heterocycles. The van der Waals surface area contributed by atoms with E-state index in [2.05, 4.69) is 0 Å². The summed E-state index contributed by atoms with van der Waals surface area (Å²) in [6.45, 7) is 1.84. The Kier molecular flexibility index (Phi) is 4.09. The molecule has 1 amide bonds. The fourth-order valence-corrected chi connectivity index (χ4v) is 2.90. The summed E-state index contributed by atoms with van der Waals surface area (Å²) in [6.07, 6.45) is 0.523. The van der Waals surface area contributed by atoms with Crippen LogP contribution in [0.15, 0.2) is 22.6 Å². The highest BCUT2D eigenvalue weighted by molar-refractivity contribution is 5.96. The van der Waals surface area contributed by atoms with Crippen molar-refractivity contribution in [2.75, 3.05) is 6.54 Å². The number of fused-ring (bicyclic) bond motifs is 1. The van der Waals surface area contributed by atoms with Gasteiger partial charge in [0.05, 0.1) is 0 Å². The Hall–Kier alpha value is -2.70. The van der Waals surface area contributed by atoms with Crippen LogP contribution in [0.5, 0.6) is 0 Å². The average molecular weight is 335 g/mol. The van der Waals surface area contributed by atoms with E-state index >= 15 is 0 Å². The SMILES string of the molecule is CCc1oc(C(=O)N2CCc3c(F)ccc(F)c3C2)cc1C(=O)O. The van der Waals surface area contributed by atoms with E-state index in [0.717, 1.165) is 12.1 Å². The summed E-state index contributed by atoms with van der Waals surface area (Å²) >= 11 is 0. The van der Waals surface area contributed by atoms with Crippen LogP contribution >= 0.6 is 0 Å². The molecule has 0 fully saturated rings. The first kappa shape index (κ1) is 16.2. The van der Waals surface area contributed by atoms with Gasteiger partial charge < -0.3 is 14.4 Å². The number of aryl methyl sites for hydroxylation is 1. The summed E-state index contributed by atoms with van der Waals surface area (Å²) in [5.41, 5.74) is 0.366. The summed E-state index contributed by atoms with van der Waals surface area (Å²) in [5, 5.41) is 9.12. The molecule has 0 saturated heterocycles. The summed E-state index contributed by atoms with van der Waals surface area (Å²) in [7, 11) is 0. The fraction of sp³-hybridized carbons (Fsp3) is 0.294. The largest absolute Gasteiger partial charge is 0.478 e. The number of benzene rings is 1. The van der Waals surface area contributed by atoms with E-state index in [1.165, 1.54) is 11.0 Å². The lowest BCUT2D eigenvalue weighted by atomic mass is 9.98. The number of carbonyl (C=O) groups is 2. The minimum Gasteiger partial charge on any atom is -0.478 e. The van der Waals surface area contributed by atoms with Crippen molar-refractivity contribution in [3.8, 4) is 0 Å². The lowest BCUT2D eigenvalue weighted by Crippen LogP contribution is -2.36. The Morgan fingerprint density at radius 3 is 2.50 bits per heavy atom. The number of carbonyl (C=O) groups excluding carboxylic acids is 1. The van der Waals surface area contributed by atoms with E-state index in [4.69, 9.17) is 9.52 Å². The van der Waals surface area contributed by atoms with Crippen LogP contribution in [0.25, 0.3) is 0 Å². The van der Waals surface area contributed by atoms with Crippen LogP contribution in [0.1, 0.15) is 44.7 Å². The molecule has 5 nitrogen and oxygen atoms in total. The van der Waals surface area contributed by atoms with Gasteiger partial charge >= 0.3 is 5.97 Å². The second-order valence-corrected chi connectivity index (χ2v) is 5.57. The van der Waals surface area contributed by atoms with Crippen molar-refractivity contribution in [3.63, 3.8) is 0 Å². The molecule has 0 unspecified atom stereocenters. The molecular formula is C17H15F2NO4. The number of nitrogens with zero attached hydrogens (tertiary/aromatic N) is 1. The summed E-state index contributed by atoms with van der Waals surface area (Å²) in [4.78, 5) is 25.0. The topological polar surface area (TPSA) is 70.8 Å². The van der Waals surface area contributed by atoms with Crippen molar-refractivity contribution in [1.29, 1.82) is 0 Å². The van der Waals surface area contributed by atoms with Crippen LogP contribution in [0.4, 0.5) is 8.78 Å². The van der Waals surface area contributed by atoms with Gasteiger partial charge in [-0.05, 0) is 24.1 Å². The molecule has 7 heteroatoms. The van der Waals surface area contributed by atoms with Crippen molar-refractivity contribution in [2.45, 2.75) is 26.3 Å². The molecular weight excluding hydrogens is 320 g/mol. The normalized spacial score (nSPS) is 13.7. The number of rotatable bonds is 3. The Balaban J connectivity index is 1.89. The van der Waals surface area contributed by atoms with Gasteiger partial charge in [0.1, 0.15) is 23.0 Å². The van der Waals surface area contributed by atoms with Crippen molar-refractivity contribution >= 4 is 11.9 Å². The minimum atomic E-state index is -1.17. The van der Waals surface area contributed by atoms with E-state index in [0.29, 0.717) is 6.42 Å². The maximum Gasteiger partial charge on any atom is 0.339 e. The monoisotopic (exact) mass is 335 g/mol. The summed E-state index contributed by atoms with van der Waals surface area (Å²) in [6, 6.07) is 3.29. The Morgan fingerprint density at radius 1 is 1.25 bits per heavy atom. The molecule has 24 heavy (non-hydrogen) atoms. The Morgan fingerprint density at radius 2 is 1.92 bits per heavy atom. The predicted molar refractivity (Wildman–Crippen MR) is 79.8 cm³/mol. The van der Waals surface area contributed by atoms with Crippen LogP contribution in [0.3, 0.4) is 0 Å². The molecule has 0 bridgehead atoms. The number of halogens is 2. The number of amides is 1. The summed E-state index contributed by atoms with van der Waals surface area (Å²) in [5.74, 6) is -2.66. The van der Waals surface area contributed by atoms with Crippen LogP contribution in [-0.2, 0) is 19.4 Å². The van der Waals surface area contributed by atoms with Crippen molar-refractivity contribution in [2.24, 2.45) is 0 Å². The smallest absolute Gasteiger partial charge is 0.339 e. The Labute approximate surface area is 136 Å². The van der Waals surface area contributed by atoms with Gasteiger partial charge in [0.2, 0.25) is 0 Å². The molecule has 1 aromatic heterocycles. The van der Waals surface area contributed by atoms with Crippen LogP contribution < -0.4 is 0 Å². The second-order valence-electron chi connectivity index (χ2n) is 5.57. The van der Waals surface area contributed by atoms with E-state index < -0.39 is 23.5 Å². The first-order chi connectivity index (χ1) is 11.4. The lowest BCUT2D eigenvalue weighted by molar-refractivity contribution is 0.0685. The first-order valence-corrected chi connectivity index (χ1v) is 7.53. The third-order valence-electron chi connectivity index (χ3n) is 4.16. The van der Waals surface area contributed by atoms with Gasteiger partial charge in [-0.1, -0.05) is 6.92 Å². The van der Waals surface area contributed by atoms with E-state index in [9.17, 15) is 18.4 Å². The van der Waals surface area contributed by atoms with Gasteiger partial charge in [-0.25, -0.2) is 13.6 Å². The average Bonchev–Trinajstić information content (AvgIpc) is 3.02. The minimum absolute atomic E-state index is 0.0597. The lowest BCUT2D eigenvalue weighted by Gasteiger charge is -2.28. The zero-order valence-corrected chi connectivity index (χ0v) is 12.9. The number of hydrogen-bond acceptors (Lipinski definition) is 3. The highest BCUT2D eigenvalue weighted by atomic mass is 19.1. The fourth-order valence-electron chi connectivity index (χ4n) is 2.90. The number of carboxylic acids is 1. The molecule has 1 aromatic carbocycles. The number of carboxylic acid groups (broad SMARTS) is 1. The highest BCUT2D eigenvalue weighted by Gasteiger charge is 2.29. The number of furan rings is 1. The highest BCUT2D eigenvalue weighted by Crippen LogP contribution is 2.26. The first-order valence-electron chi connectivity index (χ1n) is 7.53. The Bertz CT molecular complexity index is 828. The number of hydrogen-bond donors (Lipinski definition) is 1. The van der Waals surface area contributed by atoms with E-state index in [1.807, 2.05) is 0 Å². The molecule has 0 spiro atoms. The third kappa shape index (κ3) is 2.66. The van der Waals surface area contributed by atoms with Gasteiger partial charge in [0.25, 0.3) is 5.91 Å². The maximum absolute atomic E-state index is 13.9. The van der Waals surface area contributed by atoms with Gasteiger partial charge in [-0.2, -0.15) is 0 Å². The predicted octanol–water partition coefficient (Wildman–Crippen LogP) is 3.02. The molecule has 0 aliphatic carbocycles.